The van der Waals surface area contributed by atoms with Crippen LogP contribution in [0.1, 0.15) is 41.7 Å². The number of nitrogens with zero attached hydrogens (tertiary/aromatic N) is 4. The minimum absolute atomic E-state index is 0.00951. The summed E-state index contributed by atoms with van der Waals surface area (Å²) in [5.41, 5.74) is 3.22. The Bertz CT molecular complexity index is 1300. The second-order valence-corrected chi connectivity index (χ2v) is 9.68. The fourth-order valence-electron chi connectivity index (χ4n) is 4.20. The molecule has 0 saturated heterocycles. The molecule has 0 bridgehead atoms. The lowest BCUT2D eigenvalue weighted by molar-refractivity contribution is 0.601. The molecule has 1 aliphatic rings. The van der Waals surface area contributed by atoms with Crippen molar-refractivity contribution in [3.05, 3.63) is 63.3 Å². The van der Waals surface area contributed by atoms with Gasteiger partial charge in [0.25, 0.3) is 5.56 Å². The maximum atomic E-state index is 13.8. The van der Waals surface area contributed by atoms with Crippen LogP contribution < -0.4 is 5.56 Å². The predicted octanol–water partition coefficient (Wildman–Crippen LogP) is 5.12. The molecule has 7 heteroatoms. The zero-order valence-electron chi connectivity index (χ0n) is 16.5. The summed E-state index contributed by atoms with van der Waals surface area (Å²) in [6, 6.07) is 8.02. The van der Waals surface area contributed by atoms with Crippen LogP contribution in [0.5, 0.6) is 0 Å². The molecule has 3 aromatic heterocycles. The van der Waals surface area contributed by atoms with Gasteiger partial charge in [0.1, 0.15) is 4.83 Å². The second kappa shape index (κ2) is 7.15. The van der Waals surface area contributed by atoms with Crippen molar-refractivity contribution in [2.24, 2.45) is 0 Å². The summed E-state index contributed by atoms with van der Waals surface area (Å²) in [4.78, 5) is 16.1. The number of benzene rings is 1. The average molecular weight is 423 g/mol. The number of aromatic nitrogens is 4. The number of thiophene rings is 1. The lowest BCUT2D eigenvalue weighted by atomic mass is 9.88. The molecule has 1 aliphatic carbocycles. The number of rotatable bonds is 4. The van der Waals surface area contributed by atoms with E-state index in [9.17, 15) is 4.79 Å². The van der Waals surface area contributed by atoms with Crippen molar-refractivity contribution in [3.63, 3.8) is 0 Å². The first kappa shape index (κ1) is 18.6. The van der Waals surface area contributed by atoms with Gasteiger partial charge in [0.15, 0.2) is 5.16 Å². The van der Waals surface area contributed by atoms with E-state index < -0.39 is 0 Å². The largest absolute Gasteiger partial charge is 0.268 e. The highest BCUT2D eigenvalue weighted by molar-refractivity contribution is 7.99. The van der Waals surface area contributed by atoms with E-state index in [1.165, 1.54) is 16.9 Å². The van der Waals surface area contributed by atoms with Crippen molar-refractivity contribution in [1.29, 1.82) is 0 Å². The van der Waals surface area contributed by atoms with E-state index in [2.05, 4.69) is 28.1 Å². The van der Waals surface area contributed by atoms with Crippen molar-refractivity contribution < 1.29 is 0 Å². The number of aryl methyl sites for hydroxylation is 2. The van der Waals surface area contributed by atoms with E-state index in [0.29, 0.717) is 11.7 Å². The molecule has 0 radical (unpaired) electrons. The third-order valence-corrected chi connectivity index (χ3v) is 7.77. The number of fused-ring (bicyclic) bond motifs is 5. The topological polar surface area (TPSA) is 52.2 Å². The molecular weight excluding hydrogens is 400 g/mol. The highest BCUT2D eigenvalue weighted by Crippen LogP contribution is 2.41. The van der Waals surface area contributed by atoms with E-state index in [1.54, 1.807) is 27.7 Å². The molecule has 1 atom stereocenters. The Hall–Kier alpha value is -2.38. The number of thioether (sulfide) groups is 1. The van der Waals surface area contributed by atoms with Gasteiger partial charge in [-0.15, -0.1) is 28.1 Å². The summed E-state index contributed by atoms with van der Waals surface area (Å²) in [7, 11) is 0. The SMILES string of the molecule is C=CCSc1nnc2n(-c3ccc(C)cc3)c(=O)c3c4c(sc3n12)CCCC4C. The molecule has 3 heterocycles. The molecule has 0 spiro atoms. The molecule has 0 N–H and O–H groups in total. The van der Waals surface area contributed by atoms with Gasteiger partial charge in [-0.05, 0) is 49.8 Å². The molecule has 0 fully saturated rings. The van der Waals surface area contributed by atoms with Gasteiger partial charge in [-0.3, -0.25) is 4.79 Å². The highest BCUT2D eigenvalue weighted by atomic mass is 32.2. The molecule has 1 unspecified atom stereocenters. The Labute approximate surface area is 177 Å². The lowest BCUT2D eigenvalue weighted by Gasteiger charge is -2.18. The van der Waals surface area contributed by atoms with Crippen LogP contribution in [0.4, 0.5) is 0 Å². The van der Waals surface area contributed by atoms with Crippen LogP contribution in [0.2, 0.25) is 0 Å². The Morgan fingerprint density at radius 3 is 2.86 bits per heavy atom. The van der Waals surface area contributed by atoms with Crippen LogP contribution in [-0.4, -0.2) is 24.9 Å². The summed E-state index contributed by atoms with van der Waals surface area (Å²) in [6.07, 6.45) is 5.21. The molecule has 0 aliphatic heterocycles. The fourth-order valence-corrected chi connectivity index (χ4v) is 6.38. The first-order valence-corrected chi connectivity index (χ1v) is 11.7. The third-order valence-electron chi connectivity index (χ3n) is 5.60. The minimum Gasteiger partial charge on any atom is -0.268 e. The van der Waals surface area contributed by atoms with Crippen LogP contribution in [0.15, 0.2) is 46.9 Å². The van der Waals surface area contributed by atoms with Crippen LogP contribution >= 0.6 is 23.1 Å². The quantitative estimate of drug-likeness (QED) is 0.338. The summed E-state index contributed by atoms with van der Waals surface area (Å²) in [6.45, 7) is 8.11. The molecule has 5 rings (SSSR count). The molecule has 148 valence electrons. The minimum atomic E-state index is 0.00951. The Morgan fingerprint density at radius 2 is 2.10 bits per heavy atom. The molecular formula is C22H22N4OS2. The molecule has 1 aromatic carbocycles. The van der Waals surface area contributed by atoms with E-state index >= 15 is 0 Å². The van der Waals surface area contributed by atoms with Gasteiger partial charge in [0.2, 0.25) is 5.78 Å². The van der Waals surface area contributed by atoms with Crippen LogP contribution in [0.25, 0.3) is 21.7 Å². The highest BCUT2D eigenvalue weighted by Gasteiger charge is 2.28. The Balaban J connectivity index is 1.93. The Morgan fingerprint density at radius 1 is 1.31 bits per heavy atom. The maximum absolute atomic E-state index is 13.8. The van der Waals surface area contributed by atoms with Crippen molar-refractivity contribution in [3.8, 4) is 5.69 Å². The van der Waals surface area contributed by atoms with Gasteiger partial charge >= 0.3 is 0 Å². The molecule has 4 aromatic rings. The van der Waals surface area contributed by atoms with E-state index in [-0.39, 0.29) is 5.56 Å². The first-order valence-electron chi connectivity index (χ1n) is 9.86. The molecule has 5 nitrogen and oxygen atoms in total. The van der Waals surface area contributed by atoms with Crippen molar-refractivity contribution in [2.45, 2.75) is 44.2 Å². The molecule has 0 saturated carbocycles. The van der Waals surface area contributed by atoms with E-state index in [0.717, 1.165) is 45.2 Å². The van der Waals surface area contributed by atoms with Crippen LogP contribution in [0.3, 0.4) is 0 Å². The van der Waals surface area contributed by atoms with Gasteiger partial charge in [-0.1, -0.05) is 42.5 Å². The summed E-state index contributed by atoms with van der Waals surface area (Å²) < 4.78 is 3.79. The van der Waals surface area contributed by atoms with Crippen LogP contribution in [-0.2, 0) is 6.42 Å². The first-order chi connectivity index (χ1) is 14.1. The van der Waals surface area contributed by atoms with Gasteiger partial charge in [-0.2, -0.15) is 0 Å². The van der Waals surface area contributed by atoms with Gasteiger partial charge in [0.05, 0.1) is 11.1 Å². The predicted molar refractivity (Wildman–Crippen MR) is 121 cm³/mol. The number of hydrogen-bond donors (Lipinski definition) is 0. The summed E-state index contributed by atoms with van der Waals surface area (Å²) in [5.74, 6) is 1.71. The fraction of sp³-hybridized carbons (Fsp3) is 0.318. The van der Waals surface area contributed by atoms with Crippen molar-refractivity contribution in [2.75, 3.05) is 5.75 Å². The zero-order chi connectivity index (χ0) is 20.1. The third kappa shape index (κ3) is 2.87. The smallest absolute Gasteiger partial charge is 0.268 e. The second-order valence-electron chi connectivity index (χ2n) is 7.61. The summed E-state index contributed by atoms with van der Waals surface area (Å²) in [5, 5.41) is 10.5. The average Bonchev–Trinajstić information content (AvgIpc) is 3.30. The Kier molecular flexibility index (Phi) is 4.59. The van der Waals surface area contributed by atoms with Gasteiger partial charge in [0, 0.05) is 10.6 Å². The normalized spacial score (nSPS) is 16.4. The standard InChI is InChI=1S/C22H22N4OS2/c1-4-12-28-22-24-23-21-25(15-10-8-13(2)9-11-15)19(27)18-17-14(3)6-5-7-16(17)29-20(18)26(21)22/h4,8-11,14H,1,5-7,12H2,2-3H3. The maximum Gasteiger partial charge on any atom is 0.268 e. The van der Waals surface area contributed by atoms with E-state index in [1.807, 2.05) is 37.3 Å². The number of hydrogen-bond acceptors (Lipinski definition) is 5. The van der Waals surface area contributed by atoms with Gasteiger partial charge in [-0.25, -0.2) is 8.97 Å². The summed E-state index contributed by atoms with van der Waals surface area (Å²) >= 11 is 3.33. The lowest BCUT2D eigenvalue weighted by Crippen LogP contribution is -2.22. The zero-order valence-corrected chi connectivity index (χ0v) is 18.1. The van der Waals surface area contributed by atoms with Crippen molar-refractivity contribution in [1.82, 2.24) is 19.2 Å². The monoisotopic (exact) mass is 422 g/mol. The van der Waals surface area contributed by atoms with Crippen molar-refractivity contribution >= 4 is 39.1 Å². The van der Waals surface area contributed by atoms with Crippen LogP contribution in [0, 0.1) is 6.92 Å². The molecule has 0 amide bonds. The van der Waals surface area contributed by atoms with Gasteiger partial charge < -0.3 is 0 Å². The van der Waals surface area contributed by atoms with E-state index in [4.69, 9.17) is 0 Å². The molecule has 29 heavy (non-hydrogen) atoms.